The Labute approximate surface area is 185 Å². The third-order valence-corrected chi connectivity index (χ3v) is 4.44. The third kappa shape index (κ3) is 4.97. The van der Waals surface area contributed by atoms with Crippen LogP contribution in [0.1, 0.15) is 22.1 Å². The van der Waals surface area contributed by atoms with Gasteiger partial charge in [-0.1, -0.05) is 23.4 Å². The van der Waals surface area contributed by atoms with Crippen molar-refractivity contribution in [2.75, 3.05) is 7.11 Å². The zero-order chi connectivity index (χ0) is 23.4. The number of aromatic nitrogens is 3. The smallest absolute Gasteiger partial charge is 0.387 e. The molecule has 9 nitrogen and oxygen atoms in total. The number of hydrogen-bond acceptors (Lipinski definition) is 9. The van der Waals surface area contributed by atoms with Gasteiger partial charge in [0.15, 0.2) is 23.8 Å². The van der Waals surface area contributed by atoms with E-state index in [9.17, 15) is 13.6 Å². The minimum absolute atomic E-state index is 0.0228. The maximum absolute atomic E-state index is 12.5. The van der Waals surface area contributed by atoms with Crippen LogP contribution >= 0.6 is 0 Å². The van der Waals surface area contributed by atoms with Crippen LogP contribution in [0.15, 0.2) is 57.5 Å². The first kappa shape index (κ1) is 21.9. The molecule has 0 atom stereocenters. The number of alkyl halides is 2. The minimum Gasteiger partial charge on any atom is -0.493 e. The summed E-state index contributed by atoms with van der Waals surface area (Å²) in [5.41, 5.74) is 1.18. The lowest BCUT2D eigenvalue weighted by molar-refractivity contribution is -0.0512. The molecule has 2 aromatic heterocycles. The van der Waals surface area contributed by atoms with Gasteiger partial charge in [0.05, 0.1) is 7.11 Å². The Kier molecular flexibility index (Phi) is 6.29. The van der Waals surface area contributed by atoms with Crippen molar-refractivity contribution in [2.45, 2.75) is 20.1 Å². The van der Waals surface area contributed by atoms with Crippen LogP contribution in [0, 0.1) is 6.92 Å². The first-order valence-electron chi connectivity index (χ1n) is 9.60. The Hall–Kier alpha value is -4.28. The highest BCUT2D eigenvalue weighted by Gasteiger charge is 2.21. The molecule has 0 aliphatic heterocycles. The maximum atomic E-state index is 12.5. The molecule has 0 N–H and O–H groups in total. The molecular weight excluding hydrogens is 440 g/mol. The number of benzene rings is 2. The first-order chi connectivity index (χ1) is 15.9. The van der Waals surface area contributed by atoms with E-state index in [0.717, 1.165) is 5.56 Å². The molecule has 0 unspecified atom stereocenters. The van der Waals surface area contributed by atoms with Crippen LogP contribution < -0.4 is 9.47 Å². The number of oxazole rings is 1. The van der Waals surface area contributed by atoms with Crippen molar-refractivity contribution in [1.29, 1.82) is 0 Å². The Morgan fingerprint density at radius 3 is 2.58 bits per heavy atom. The van der Waals surface area contributed by atoms with Gasteiger partial charge in [-0.15, -0.1) is 0 Å². The average molecular weight is 457 g/mol. The third-order valence-electron chi connectivity index (χ3n) is 4.44. The average Bonchev–Trinajstić information content (AvgIpc) is 3.45. The second kappa shape index (κ2) is 9.47. The number of hydrogen-bond donors (Lipinski definition) is 0. The second-order valence-corrected chi connectivity index (χ2v) is 6.62. The van der Waals surface area contributed by atoms with E-state index in [2.05, 4.69) is 19.9 Å². The first-order valence-corrected chi connectivity index (χ1v) is 9.60. The number of nitrogens with zero attached hydrogens (tertiary/aromatic N) is 3. The van der Waals surface area contributed by atoms with Crippen LogP contribution in [0.2, 0.25) is 0 Å². The molecule has 0 saturated carbocycles. The number of methoxy groups -OCH3 is 1. The number of esters is 1. The number of carbonyl (C=O) groups is 1. The van der Waals surface area contributed by atoms with Crippen molar-refractivity contribution in [3.8, 4) is 34.3 Å². The predicted octanol–water partition coefficient (Wildman–Crippen LogP) is 4.67. The molecule has 0 spiro atoms. The lowest BCUT2D eigenvalue weighted by Crippen LogP contribution is -2.07. The van der Waals surface area contributed by atoms with E-state index in [4.69, 9.17) is 18.4 Å². The molecular formula is C22H17F2N3O6. The van der Waals surface area contributed by atoms with Crippen LogP contribution in [0.5, 0.6) is 11.5 Å². The van der Waals surface area contributed by atoms with Crippen LogP contribution in [0.25, 0.3) is 22.8 Å². The van der Waals surface area contributed by atoms with Crippen molar-refractivity contribution in [3.05, 3.63) is 65.9 Å². The molecule has 2 aromatic carbocycles. The van der Waals surface area contributed by atoms with Crippen molar-refractivity contribution >= 4 is 5.97 Å². The van der Waals surface area contributed by atoms with Gasteiger partial charge in [0, 0.05) is 11.1 Å². The van der Waals surface area contributed by atoms with Crippen molar-refractivity contribution in [3.63, 3.8) is 0 Å². The Morgan fingerprint density at radius 1 is 1.06 bits per heavy atom. The van der Waals surface area contributed by atoms with E-state index in [0.29, 0.717) is 17.2 Å². The zero-order valence-corrected chi connectivity index (χ0v) is 17.5. The van der Waals surface area contributed by atoms with E-state index in [1.165, 1.54) is 25.3 Å². The van der Waals surface area contributed by atoms with E-state index in [1.54, 1.807) is 6.92 Å². The number of rotatable bonds is 8. The topological polar surface area (TPSA) is 110 Å². The predicted molar refractivity (Wildman–Crippen MR) is 109 cm³/mol. The number of aryl methyl sites for hydroxylation is 1. The summed E-state index contributed by atoms with van der Waals surface area (Å²) in [5, 5.41) is 3.81. The fourth-order valence-corrected chi connectivity index (χ4v) is 2.92. The number of ether oxygens (including phenoxy) is 3. The molecule has 33 heavy (non-hydrogen) atoms. The molecule has 0 radical (unpaired) electrons. The highest BCUT2D eigenvalue weighted by molar-refractivity contribution is 5.88. The molecule has 4 aromatic rings. The summed E-state index contributed by atoms with van der Waals surface area (Å²) in [5.74, 6) is -0.000366. The molecule has 0 amide bonds. The summed E-state index contributed by atoms with van der Waals surface area (Å²) in [6, 6.07) is 13.3. The van der Waals surface area contributed by atoms with Crippen LogP contribution in [0.3, 0.4) is 0 Å². The van der Waals surface area contributed by atoms with Crippen LogP contribution in [-0.4, -0.2) is 34.8 Å². The molecule has 0 saturated heterocycles. The molecule has 4 rings (SSSR count). The van der Waals surface area contributed by atoms with E-state index in [-0.39, 0.29) is 35.5 Å². The quantitative estimate of drug-likeness (QED) is 0.349. The van der Waals surface area contributed by atoms with Gasteiger partial charge in [0.25, 0.3) is 5.89 Å². The molecule has 2 heterocycles. The SMILES string of the molecule is COc1cc(-c2noc(COC(=O)c3nc(-c4ccccc4)oc3C)n2)ccc1OC(F)F. The van der Waals surface area contributed by atoms with Gasteiger partial charge >= 0.3 is 12.6 Å². The van der Waals surface area contributed by atoms with Gasteiger partial charge in [-0.3, -0.25) is 0 Å². The molecule has 170 valence electrons. The molecule has 0 aliphatic rings. The summed E-state index contributed by atoms with van der Waals surface area (Å²) in [6.45, 7) is -1.69. The summed E-state index contributed by atoms with van der Waals surface area (Å²) < 4.78 is 50.3. The van der Waals surface area contributed by atoms with Gasteiger partial charge in [0.2, 0.25) is 11.7 Å². The van der Waals surface area contributed by atoms with Crippen LogP contribution in [-0.2, 0) is 11.3 Å². The summed E-state index contributed by atoms with van der Waals surface area (Å²) in [7, 11) is 1.31. The second-order valence-electron chi connectivity index (χ2n) is 6.62. The molecule has 0 aliphatic carbocycles. The number of halogens is 2. The Morgan fingerprint density at radius 2 is 1.85 bits per heavy atom. The van der Waals surface area contributed by atoms with Crippen LogP contribution in [0.4, 0.5) is 8.78 Å². The summed E-state index contributed by atoms with van der Waals surface area (Å²) in [4.78, 5) is 20.8. The molecule has 0 bridgehead atoms. The summed E-state index contributed by atoms with van der Waals surface area (Å²) >= 11 is 0. The zero-order valence-electron chi connectivity index (χ0n) is 17.5. The highest BCUT2D eigenvalue weighted by Crippen LogP contribution is 2.32. The van der Waals surface area contributed by atoms with Gasteiger partial charge in [-0.05, 0) is 37.3 Å². The van der Waals surface area contributed by atoms with Crippen molar-refractivity contribution < 1.29 is 36.7 Å². The van der Waals surface area contributed by atoms with E-state index in [1.807, 2.05) is 30.3 Å². The normalized spacial score (nSPS) is 10.9. The summed E-state index contributed by atoms with van der Waals surface area (Å²) in [6.07, 6.45) is 0. The van der Waals surface area contributed by atoms with Gasteiger partial charge in [0.1, 0.15) is 5.76 Å². The van der Waals surface area contributed by atoms with Gasteiger partial charge in [-0.25, -0.2) is 9.78 Å². The lowest BCUT2D eigenvalue weighted by atomic mass is 10.2. The van der Waals surface area contributed by atoms with Crippen molar-refractivity contribution in [1.82, 2.24) is 15.1 Å². The molecule has 0 fully saturated rings. The minimum atomic E-state index is -2.99. The maximum Gasteiger partial charge on any atom is 0.387 e. The fraction of sp³-hybridized carbons (Fsp3) is 0.182. The van der Waals surface area contributed by atoms with Gasteiger partial charge in [-0.2, -0.15) is 13.8 Å². The number of carbonyl (C=O) groups excluding carboxylic acids is 1. The Balaban J connectivity index is 1.43. The fourth-order valence-electron chi connectivity index (χ4n) is 2.92. The lowest BCUT2D eigenvalue weighted by Gasteiger charge is -2.10. The van der Waals surface area contributed by atoms with Crippen molar-refractivity contribution in [2.24, 2.45) is 0 Å². The van der Waals surface area contributed by atoms with Gasteiger partial charge < -0.3 is 23.2 Å². The standard InChI is InChI=1S/C22H17F2N3O6/c1-12-18(26-20(31-12)13-6-4-3-5-7-13)21(28)30-11-17-25-19(27-33-17)14-8-9-15(32-22(23)24)16(10-14)29-2/h3-10,22H,11H2,1-2H3. The molecule has 11 heteroatoms. The van der Waals surface area contributed by atoms with E-state index < -0.39 is 12.6 Å². The highest BCUT2D eigenvalue weighted by atomic mass is 19.3. The largest absolute Gasteiger partial charge is 0.493 e. The Bertz CT molecular complexity index is 1260. The monoisotopic (exact) mass is 457 g/mol. The van der Waals surface area contributed by atoms with E-state index >= 15 is 0 Å².